The van der Waals surface area contributed by atoms with Gasteiger partial charge in [-0.15, -0.1) is 0 Å². The van der Waals surface area contributed by atoms with Gasteiger partial charge in [-0.3, -0.25) is 9.59 Å². The summed E-state index contributed by atoms with van der Waals surface area (Å²) in [7, 11) is 0. The monoisotopic (exact) mass is 472 g/mol. The molecule has 7 heteroatoms. The van der Waals surface area contributed by atoms with Crippen LogP contribution in [0.5, 0.6) is 0 Å². The summed E-state index contributed by atoms with van der Waals surface area (Å²) >= 11 is 0. The van der Waals surface area contributed by atoms with Crippen molar-refractivity contribution in [2.45, 2.75) is 25.7 Å². The van der Waals surface area contributed by atoms with E-state index >= 15 is 0 Å². The lowest BCUT2D eigenvalue weighted by Crippen LogP contribution is -2.36. The van der Waals surface area contributed by atoms with Gasteiger partial charge in [0, 0.05) is 18.2 Å². The third-order valence-electron chi connectivity index (χ3n) is 6.28. The summed E-state index contributed by atoms with van der Waals surface area (Å²) in [5.41, 5.74) is 5.83. The molecule has 35 heavy (non-hydrogen) atoms. The van der Waals surface area contributed by atoms with E-state index in [1.807, 2.05) is 31.2 Å². The minimum Gasteiger partial charge on any atom is -0.481 e. The van der Waals surface area contributed by atoms with Gasteiger partial charge in [-0.05, 0) is 46.4 Å². The Balaban J connectivity index is 1.29. The summed E-state index contributed by atoms with van der Waals surface area (Å²) in [5, 5.41) is 14.4. The van der Waals surface area contributed by atoms with E-state index in [0.29, 0.717) is 17.7 Å². The van der Waals surface area contributed by atoms with E-state index in [9.17, 15) is 14.4 Å². The average Bonchev–Trinajstić information content (AvgIpc) is 3.18. The van der Waals surface area contributed by atoms with Crippen LogP contribution in [0, 0.1) is 5.92 Å². The van der Waals surface area contributed by atoms with Crippen LogP contribution in [0.2, 0.25) is 0 Å². The van der Waals surface area contributed by atoms with Gasteiger partial charge in [-0.2, -0.15) is 0 Å². The van der Waals surface area contributed by atoms with Crippen LogP contribution in [0.3, 0.4) is 0 Å². The average molecular weight is 473 g/mol. The zero-order chi connectivity index (χ0) is 24.8. The van der Waals surface area contributed by atoms with Crippen molar-refractivity contribution in [2.24, 2.45) is 5.92 Å². The molecule has 0 aliphatic heterocycles. The molecule has 0 saturated heterocycles. The molecule has 4 rings (SSSR count). The number of carboxylic acids is 1. The number of alkyl carbamates (subject to hydrolysis) is 1. The van der Waals surface area contributed by atoms with Gasteiger partial charge in [0.1, 0.15) is 6.61 Å². The van der Waals surface area contributed by atoms with E-state index in [-0.39, 0.29) is 31.4 Å². The maximum absolute atomic E-state index is 12.7. The van der Waals surface area contributed by atoms with Gasteiger partial charge < -0.3 is 20.5 Å². The Hall–Kier alpha value is -4.13. The van der Waals surface area contributed by atoms with E-state index in [1.54, 1.807) is 24.3 Å². The molecular weight excluding hydrogens is 444 g/mol. The van der Waals surface area contributed by atoms with Crippen molar-refractivity contribution in [3.05, 3.63) is 89.5 Å². The van der Waals surface area contributed by atoms with Gasteiger partial charge >= 0.3 is 12.1 Å². The molecule has 3 aromatic carbocycles. The highest BCUT2D eigenvalue weighted by molar-refractivity contribution is 5.93. The number of anilines is 1. The summed E-state index contributed by atoms with van der Waals surface area (Å²) < 4.78 is 5.55. The first-order valence-electron chi connectivity index (χ1n) is 11.7. The zero-order valence-corrected chi connectivity index (χ0v) is 19.5. The molecule has 2 amide bonds. The Bertz CT molecular complexity index is 1180. The predicted octanol–water partition coefficient (Wildman–Crippen LogP) is 4.82. The number of ether oxygens (including phenoxy) is 1. The number of benzene rings is 3. The molecule has 3 N–H and O–H groups in total. The van der Waals surface area contributed by atoms with Crippen LogP contribution >= 0.6 is 0 Å². The SMILES string of the molecule is CCC(CNC(=O)OCC1c2ccccc2-c2ccccc21)C(=O)Nc1ccc(CC(=O)O)cc1. The minimum atomic E-state index is -0.910. The normalized spacial score (nSPS) is 12.8. The fourth-order valence-electron chi connectivity index (χ4n) is 4.40. The van der Waals surface area contributed by atoms with E-state index in [2.05, 4.69) is 34.9 Å². The third kappa shape index (κ3) is 5.69. The molecule has 7 nitrogen and oxygen atoms in total. The number of fused-ring (bicyclic) bond motifs is 3. The van der Waals surface area contributed by atoms with Crippen LogP contribution < -0.4 is 10.6 Å². The largest absolute Gasteiger partial charge is 0.481 e. The number of carbonyl (C=O) groups is 3. The smallest absolute Gasteiger partial charge is 0.407 e. The van der Waals surface area contributed by atoms with Crippen molar-refractivity contribution in [1.29, 1.82) is 0 Å². The Morgan fingerprint density at radius 3 is 2.09 bits per heavy atom. The Morgan fingerprint density at radius 2 is 1.51 bits per heavy atom. The van der Waals surface area contributed by atoms with E-state index in [1.165, 1.54) is 0 Å². The fourth-order valence-corrected chi connectivity index (χ4v) is 4.40. The van der Waals surface area contributed by atoms with Gasteiger partial charge in [0.15, 0.2) is 0 Å². The van der Waals surface area contributed by atoms with Crippen molar-refractivity contribution in [3.8, 4) is 11.1 Å². The van der Waals surface area contributed by atoms with E-state index in [4.69, 9.17) is 9.84 Å². The predicted molar refractivity (Wildman–Crippen MR) is 133 cm³/mol. The number of aliphatic carboxylic acids is 1. The molecule has 0 heterocycles. The van der Waals surface area contributed by atoms with Crippen LogP contribution in [-0.2, 0) is 20.7 Å². The molecule has 1 atom stereocenters. The van der Waals surface area contributed by atoms with Gasteiger partial charge in [-0.25, -0.2) is 4.79 Å². The standard InChI is InChI=1S/C28H28N2O5/c1-2-19(27(33)30-20-13-11-18(12-14-20)15-26(31)32)16-29-28(34)35-17-25-23-9-5-3-7-21(23)22-8-4-6-10-24(22)25/h3-14,19,25H,2,15-17H2,1H3,(H,29,34)(H,30,33)(H,31,32). The van der Waals surface area contributed by atoms with Gasteiger partial charge in [0.05, 0.1) is 12.3 Å². The Kier molecular flexibility index (Phi) is 7.45. The summed E-state index contributed by atoms with van der Waals surface area (Å²) in [6.07, 6.45) is -0.0984. The zero-order valence-electron chi connectivity index (χ0n) is 19.5. The summed E-state index contributed by atoms with van der Waals surface area (Å²) in [4.78, 5) is 35.9. The van der Waals surface area contributed by atoms with E-state index < -0.39 is 18.0 Å². The van der Waals surface area contributed by atoms with E-state index in [0.717, 1.165) is 22.3 Å². The third-order valence-corrected chi connectivity index (χ3v) is 6.28. The molecule has 1 unspecified atom stereocenters. The molecule has 0 aromatic heterocycles. The molecule has 0 saturated carbocycles. The lowest BCUT2D eigenvalue weighted by molar-refractivity contribution is -0.136. The maximum atomic E-state index is 12.7. The topological polar surface area (TPSA) is 105 Å². The Labute approximate surface area is 204 Å². The van der Waals surface area contributed by atoms with Gasteiger partial charge in [0.2, 0.25) is 5.91 Å². The number of hydrogen-bond donors (Lipinski definition) is 3. The maximum Gasteiger partial charge on any atom is 0.407 e. The molecule has 1 aliphatic carbocycles. The number of rotatable bonds is 9. The van der Waals surface area contributed by atoms with Crippen LogP contribution in [0.1, 0.15) is 36.0 Å². The second-order valence-corrected chi connectivity index (χ2v) is 8.57. The number of carboxylic acid groups (broad SMARTS) is 1. The van der Waals surface area contributed by atoms with Gasteiger partial charge in [-0.1, -0.05) is 67.6 Å². The molecule has 1 aliphatic rings. The molecule has 0 spiro atoms. The summed E-state index contributed by atoms with van der Waals surface area (Å²) in [5.74, 6) is -1.60. The van der Waals surface area contributed by atoms with Crippen molar-refractivity contribution in [3.63, 3.8) is 0 Å². The second-order valence-electron chi connectivity index (χ2n) is 8.57. The molecule has 3 aromatic rings. The first-order chi connectivity index (χ1) is 17.0. The van der Waals surface area contributed by atoms with Gasteiger partial charge in [0.25, 0.3) is 0 Å². The summed E-state index contributed by atoms with van der Waals surface area (Å²) in [6.45, 7) is 2.24. The van der Waals surface area contributed by atoms with Crippen molar-refractivity contribution < 1.29 is 24.2 Å². The van der Waals surface area contributed by atoms with Crippen LogP contribution in [0.4, 0.5) is 10.5 Å². The highest BCUT2D eigenvalue weighted by Crippen LogP contribution is 2.44. The molecule has 0 bridgehead atoms. The molecule has 180 valence electrons. The Morgan fingerprint density at radius 1 is 0.914 bits per heavy atom. The highest BCUT2D eigenvalue weighted by Gasteiger charge is 2.29. The number of hydrogen-bond acceptors (Lipinski definition) is 4. The minimum absolute atomic E-state index is 0.0254. The highest BCUT2D eigenvalue weighted by atomic mass is 16.5. The van der Waals surface area contributed by atoms with Crippen molar-refractivity contribution in [1.82, 2.24) is 5.32 Å². The fraction of sp³-hybridized carbons (Fsp3) is 0.250. The van der Waals surface area contributed by atoms with Crippen LogP contribution in [0.15, 0.2) is 72.8 Å². The first kappa shape index (κ1) is 24.0. The van der Waals surface area contributed by atoms with Crippen molar-refractivity contribution in [2.75, 3.05) is 18.5 Å². The second kappa shape index (κ2) is 10.9. The molecule has 0 fully saturated rings. The van der Waals surface area contributed by atoms with Crippen LogP contribution in [0.25, 0.3) is 11.1 Å². The lowest BCUT2D eigenvalue weighted by atomic mass is 9.98. The molecule has 0 radical (unpaired) electrons. The van der Waals surface area contributed by atoms with Crippen LogP contribution in [-0.4, -0.2) is 36.2 Å². The van der Waals surface area contributed by atoms with Crippen molar-refractivity contribution >= 4 is 23.7 Å². The number of amides is 2. The lowest BCUT2D eigenvalue weighted by Gasteiger charge is -2.17. The molecular formula is C28H28N2O5. The quantitative estimate of drug-likeness (QED) is 0.414. The number of carbonyl (C=O) groups excluding carboxylic acids is 2. The number of nitrogens with one attached hydrogen (secondary N) is 2. The summed E-state index contributed by atoms with van der Waals surface area (Å²) in [6, 6.07) is 22.9. The first-order valence-corrected chi connectivity index (χ1v) is 11.7.